The summed E-state index contributed by atoms with van der Waals surface area (Å²) in [6.07, 6.45) is 2.75. The zero-order chi connectivity index (χ0) is 13.7. The quantitative estimate of drug-likeness (QED) is 0.901. The Balaban J connectivity index is 2.00. The van der Waals surface area contributed by atoms with E-state index >= 15 is 0 Å². The van der Waals surface area contributed by atoms with Crippen LogP contribution in [0.1, 0.15) is 37.8 Å². The average molecular weight is 260 g/mol. The van der Waals surface area contributed by atoms with Gasteiger partial charge in [-0.1, -0.05) is 31.2 Å². The lowest BCUT2D eigenvalue weighted by Gasteiger charge is -2.23. The number of fused-ring (bicyclic) bond motifs is 1. The molecule has 1 atom stereocenters. The summed E-state index contributed by atoms with van der Waals surface area (Å²) in [6.45, 7) is 6.72. The fourth-order valence-corrected chi connectivity index (χ4v) is 2.73. The molecule has 0 aromatic heterocycles. The molecule has 1 amide bonds. The van der Waals surface area contributed by atoms with Gasteiger partial charge in [0, 0.05) is 25.6 Å². The highest BCUT2D eigenvalue weighted by atomic mass is 16.2. The first-order valence-electron chi connectivity index (χ1n) is 7.28. The largest absolute Gasteiger partial charge is 0.338 e. The van der Waals surface area contributed by atoms with Gasteiger partial charge < -0.3 is 10.2 Å². The highest BCUT2D eigenvalue weighted by molar-refractivity contribution is 5.77. The van der Waals surface area contributed by atoms with Crippen LogP contribution in [0, 0.1) is 0 Å². The maximum Gasteiger partial charge on any atom is 0.224 e. The molecule has 0 radical (unpaired) electrons. The lowest BCUT2D eigenvalue weighted by molar-refractivity contribution is -0.132. The van der Waals surface area contributed by atoms with E-state index < -0.39 is 0 Å². The summed E-state index contributed by atoms with van der Waals surface area (Å²) >= 11 is 0. The Morgan fingerprint density at radius 1 is 1.37 bits per heavy atom. The van der Waals surface area contributed by atoms with Gasteiger partial charge in [0.15, 0.2) is 0 Å². The maximum atomic E-state index is 12.3. The molecule has 0 spiro atoms. The number of carbonyl (C=O) groups excluding carboxylic acids is 1. The van der Waals surface area contributed by atoms with E-state index in [4.69, 9.17) is 0 Å². The first-order valence-corrected chi connectivity index (χ1v) is 7.28. The molecular weight excluding hydrogens is 236 g/mol. The molecule has 1 aromatic rings. The van der Waals surface area contributed by atoms with Crippen LogP contribution >= 0.6 is 0 Å². The summed E-state index contributed by atoms with van der Waals surface area (Å²) < 4.78 is 0. The highest BCUT2D eigenvalue weighted by Gasteiger charge is 2.19. The Labute approximate surface area is 116 Å². The van der Waals surface area contributed by atoms with Crippen molar-refractivity contribution < 1.29 is 4.79 Å². The van der Waals surface area contributed by atoms with E-state index in [9.17, 15) is 4.79 Å². The minimum atomic E-state index is 0.260. The van der Waals surface area contributed by atoms with Gasteiger partial charge in [-0.2, -0.15) is 0 Å². The Morgan fingerprint density at radius 2 is 2.11 bits per heavy atom. The molecule has 0 fully saturated rings. The fraction of sp³-hybridized carbons (Fsp3) is 0.562. The molecule has 1 N–H and O–H groups in total. The highest BCUT2D eigenvalue weighted by Crippen LogP contribution is 2.19. The van der Waals surface area contributed by atoms with Crippen molar-refractivity contribution in [3.05, 3.63) is 35.4 Å². The molecule has 1 aromatic carbocycles. The predicted octanol–water partition coefficient (Wildman–Crippen LogP) is 2.35. The van der Waals surface area contributed by atoms with Gasteiger partial charge in [-0.05, 0) is 37.4 Å². The van der Waals surface area contributed by atoms with E-state index in [2.05, 4.69) is 43.4 Å². The third-order valence-corrected chi connectivity index (χ3v) is 3.74. The van der Waals surface area contributed by atoms with Crippen LogP contribution in [0.2, 0.25) is 0 Å². The van der Waals surface area contributed by atoms with Gasteiger partial charge in [0.2, 0.25) is 5.91 Å². The Kier molecular flexibility index (Phi) is 4.97. The minimum Gasteiger partial charge on any atom is -0.338 e. The van der Waals surface area contributed by atoms with Crippen LogP contribution < -0.4 is 5.32 Å². The lowest BCUT2D eigenvalue weighted by Crippen LogP contribution is -2.36. The minimum absolute atomic E-state index is 0.260. The molecule has 0 aliphatic carbocycles. The number of nitrogens with one attached hydrogen (secondary N) is 1. The van der Waals surface area contributed by atoms with Gasteiger partial charge in [0.25, 0.3) is 0 Å². The van der Waals surface area contributed by atoms with Crippen molar-refractivity contribution in [3.63, 3.8) is 0 Å². The van der Waals surface area contributed by atoms with E-state index in [0.717, 1.165) is 32.5 Å². The van der Waals surface area contributed by atoms with Crippen LogP contribution in [0.25, 0.3) is 0 Å². The molecular formula is C16H24N2O. The van der Waals surface area contributed by atoms with Gasteiger partial charge in [0.1, 0.15) is 0 Å². The average Bonchev–Trinajstić information content (AvgIpc) is 2.61. The fourth-order valence-electron chi connectivity index (χ4n) is 2.73. The summed E-state index contributed by atoms with van der Waals surface area (Å²) in [6, 6.07) is 8.74. The van der Waals surface area contributed by atoms with Gasteiger partial charge in [-0.3, -0.25) is 4.79 Å². The normalized spacial score (nSPS) is 16.6. The number of carbonyl (C=O) groups is 1. The zero-order valence-electron chi connectivity index (χ0n) is 12.0. The van der Waals surface area contributed by atoms with Crippen LogP contribution in [0.15, 0.2) is 24.3 Å². The van der Waals surface area contributed by atoms with Crippen molar-refractivity contribution in [1.29, 1.82) is 0 Å². The molecule has 1 heterocycles. The topological polar surface area (TPSA) is 32.3 Å². The number of aryl methyl sites for hydroxylation is 1. The summed E-state index contributed by atoms with van der Waals surface area (Å²) in [5.74, 6) is 0.269. The van der Waals surface area contributed by atoms with Crippen LogP contribution in [0.3, 0.4) is 0 Å². The first kappa shape index (κ1) is 14.1. The van der Waals surface area contributed by atoms with Crippen molar-refractivity contribution in [3.8, 4) is 0 Å². The van der Waals surface area contributed by atoms with Gasteiger partial charge >= 0.3 is 0 Å². The summed E-state index contributed by atoms with van der Waals surface area (Å²) in [5, 5.41) is 3.30. The van der Waals surface area contributed by atoms with E-state index in [-0.39, 0.29) is 11.9 Å². The van der Waals surface area contributed by atoms with E-state index in [0.29, 0.717) is 6.42 Å². The Hall–Kier alpha value is -1.35. The second-order valence-electron chi connectivity index (χ2n) is 5.35. The standard InChI is InChI=1S/C16H24N2O/c1-3-17-13(2)11-16(19)18-10-6-9-14-7-4-5-8-15(14)12-18/h4-5,7-8,13,17H,3,6,9-12H2,1-2H3. The molecule has 2 rings (SSSR count). The summed E-state index contributed by atoms with van der Waals surface area (Å²) in [5.41, 5.74) is 2.71. The molecule has 104 valence electrons. The third-order valence-electron chi connectivity index (χ3n) is 3.74. The second-order valence-corrected chi connectivity index (χ2v) is 5.35. The molecule has 0 saturated carbocycles. The maximum absolute atomic E-state index is 12.3. The second kappa shape index (κ2) is 6.71. The molecule has 0 saturated heterocycles. The van der Waals surface area contributed by atoms with Gasteiger partial charge in [0.05, 0.1) is 0 Å². The van der Waals surface area contributed by atoms with Gasteiger partial charge in [-0.25, -0.2) is 0 Å². The lowest BCUT2D eigenvalue weighted by atomic mass is 10.0. The molecule has 1 unspecified atom stereocenters. The number of hydrogen-bond acceptors (Lipinski definition) is 2. The molecule has 3 nitrogen and oxygen atoms in total. The molecule has 1 aliphatic rings. The summed E-state index contributed by atoms with van der Waals surface area (Å²) in [7, 11) is 0. The first-order chi connectivity index (χ1) is 9.20. The van der Waals surface area contributed by atoms with Crippen LogP contribution in [-0.4, -0.2) is 29.9 Å². The van der Waals surface area contributed by atoms with Crippen molar-refractivity contribution in [2.24, 2.45) is 0 Å². The monoisotopic (exact) mass is 260 g/mol. The van der Waals surface area contributed by atoms with Crippen molar-refractivity contribution in [2.45, 2.75) is 45.7 Å². The van der Waals surface area contributed by atoms with Crippen LogP contribution in [-0.2, 0) is 17.8 Å². The van der Waals surface area contributed by atoms with E-state index in [1.807, 2.05) is 4.90 Å². The smallest absolute Gasteiger partial charge is 0.224 e. The number of benzene rings is 1. The number of rotatable bonds is 4. The van der Waals surface area contributed by atoms with Gasteiger partial charge in [-0.15, -0.1) is 0 Å². The van der Waals surface area contributed by atoms with E-state index in [1.54, 1.807) is 0 Å². The van der Waals surface area contributed by atoms with Crippen molar-refractivity contribution in [2.75, 3.05) is 13.1 Å². The predicted molar refractivity (Wildman–Crippen MR) is 77.9 cm³/mol. The third kappa shape index (κ3) is 3.80. The Bertz CT molecular complexity index is 431. The van der Waals surface area contributed by atoms with Crippen LogP contribution in [0.4, 0.5) is 0 Å². The van der Waals surface area contributed by atoms with E-state index in [1.165, 1.54) is 11.1 Å². The Morgan fingerprint density at radius 3 is 2.84 bits per heavy atom. The molecule has 3 heteroatoms. The SMILES string of the molecule is CCNC(C)CC(=O)N1CCCc2ccccc2C1. The number of nitrogens with zero attached hydrogens (tertiary/aromatic N) is 1. The van der Waals surface area contributed by atoms with Crippen molar-refractivity contribution in [1.82, 2.24) is 10.2 Å². The zero-order valence-corrected chi connectivity index (χ0v) is 12.0. The number of hydrogen-bond donors (Lipinski definition) is 1. The summed E-state index contributed by atoms with van der Waals surface area (Å²) in [4.78, 5) is 14.3. The molecule has 1 aliphatic heterocycles. The molecule has 0 bridgehead atoms. The van der Waals surface area contributed by atoms with Crippen LogP contribution in [0.5, 0.6) is 0 Å². The molecule has 19 heavy (non-hydrogen) atoms. The van der Waals surface area contributed by atoms with Crippen molar-refractivity contribution >= 4 is 5.91 Å². The number of amides is 1.